The standard InChI is InChI=1S/C22H29NO6/c1-14(17-13-16(25-2)9-11-18(17)26-3)23-20(24)12-8-15-7-10-19(27-4)22(29-6)21(15)28-5/h7,9-11,13-14H,8,12H2,1-6H3,(H,23,24). The molecule has 2 aromatic carbocycles. The average molecular weight is 403 g/mol. The van der Waals surface area contributed by atoms with Crippen LogP contribution in [0.1, 0.15) is 30.5 Å². The van der Waals surface area contributed by atoms with Crippen LogP contribution in [0, 0.1) is 0 Å². The molecular formula is C22H29NO6. The summed E-state index contributed by atoms with van der Waals surface area (Å²) >= 11 is 0. The normalized spacial score (nSPS) is 11.4. The highest BCUT2D eigenvalue weighted by atomic mass is 16.5. The van der Waals surface area contributed by atoms with E-state index >= 15 is 0 Å². The molecule has 0 fully saturated rings. The van der Waals surface area contributed by atoms with E-state index in [0.717, 1.165) is 11.1 Å². The molecule has 0 aromatic heterocycles. The summed E-state index contributed by atoms with van der Waals surface area (Å²) in [6.45, 7) is 1.91. The third kappa shape index (κ3) is 5.25. The third-order valence-electron chi connectivity index (χ3n) is 4.69. The Labute approximate surface area is 171 Å². The van der Waals surface area contributed by atoms with E-state index in [4.69, 9.17) is 23.7 Å². The first-order chi connectivity index (χ1) is 14.0. The topological polar surface area (TPSA) is 75.3 Å². The molecule has 0 saturated carbocycles. The van der Waals surface area contributed by atoms with E-state index < -0.39 is 0 Å². The number of methoxy groups -OCH3 is 5. The van der Waals surface area contributed by atoms with Gasteiger partial charge in [-0.25, -0.2) is 0 Å². The van der Waals surface area contributed by atoms with E-state index in [-0.39, 0.29) is 11.9 Å². The van der Waals surface area contributed by atoms with Gasteiger partial charge in [0.25, 0.3) is 0 Å². The number of hydrogen-bond acceptors (Lipinski definition) is 6. The molecule has 7 nitrogen and oxygen atoms in total. The number of nitrogens with one attached hydrogen (secondary N) is 1. The van der Waals surface area contributed by atoms with Gasteiger partial charge < -0.3 is 29.0 Å². The molecule has 1 N–H and O–H groups in total. The molecule has 0 radical (unpaired) electrons. The Morgan fingerprint density at radius 1 is 0.862 bits per heavy atom. The molecule has 7 heteroatoms. The largest absolute Gasteiger partial charge is 0.497 e. The summed E-state index contributed by atoms with van der Waals surface area (Å²) in [5.41, 5.74) is 1.72. The summed E-state index contributed by atoms with van der Waals surface area (Å²) in [6, 6.07) is 8.95. The zero-order valence-electron chi connectivity index (χ0n) is 17.8. The smallest absolute Gasteiger partial charge is 0.220 e. The lowest BCUT2D eigenvalue weighted by atomic mass is 10.0. The molecule has 1 atom stereocenters. The van der Waals surface area contributed by atoms with Crippen LogP contribution in [0.2, 0.25) is 0 Å². The van der Waals surface area contributed by atoms with Crippen molar-refractivity contribution in [1.29, 1.82) is 0 Å². The van der Waals surface area contributed by atoms with E-state index in [0.29, 0.717) is 41.6 Å². The van der Waals surface area contributed by atoms with Crippen LogP contribution >= 0.6 is 0 Å². The maximum atomic E-state index is 12.6. The molecule has 2 rings (SSSR count). The van der Waals surface area contributed by atoms with Crippen LogP contribution < -0.4 is 29.0 Å². The minimum absolute atomic E-state index is 0.0841. The number of carbonyl (C=O) groups excluding carboxylic acids is 1. The predicted octanol–water partition coefficient (Wildman–Crippen LogP) is 3.54. The monoisotopic (exact) mass is 403 g/mol. The molecule has 0 aliphatic heterocycles. The second kappa shape index (κ2) is 10.5. The van der Waals surface area contributed by atoms with E-state index in [1.165, 1.54) is 0 Å². The number of rotatable bonds is 10. The molecule has 0 bridgehead atoms. The molecule has 0 aliphatic rings. The van der Waals surface area contributed by atoms with Crippen LogP contribution in [-0.2, 0) is 11.2 Å². The number of aryl methyl sites for hydroxylation is 1. The van der Waals surface area contributed by atoms with E-state index in [1.807, 2.05) is 31.2 Å². The Hall–Kier alpha value is -3.09. The van der Waals surface area contributed by atoms with Crippen LogP contribution in [0.15, 0.2) is 30.3 Å². The fraction of sp³-hybridized carbons (Fsp3) is 0.409. The highest BCUT2D eigenvalue weighted by Crippen LogP contribution is 2.40. The van der Waals surface area contributed by atoms with E-state index in [2.05, 4.69) is 5.32 Å². The van der Waals surface area contributed by atoms with Crippen molar-refractivity contribution in [2.24, 2.45) is 0 Å². The zero-order valence-corrected chi connectivity index (χ0v) is 17.8. The van der Waals surface area contributed by atoms with Gasteiger partial charge in [0.15, 0.2) is 11.5 Å². The van der Waals surface area contributed by atoms with Gasteiger partial charge in [0, 0.05) is 12.0 Å². The Bertz CT molecular complexity index is 836. The molecule has 0 aliphatic carbocycles. The van der Waals surface area contributed by atoms with Gasteiger partial charge in [-0.1, -0.05) is 6.07 Å². The zero-order chi connectivity index (χ0) is 21.4. The van der Waals surface area contributed by atoms with Gasteiger partial charge in [-0.2, -0.15) is 0 Å². The van der Waals surface area contributed by atoms with Gasteiger partial charge in [0.2, 0.25) is 11.7 Å². The highest BCUT2D eigenvalue weighted by Gasteiger charge is 2.18. The molecule has 1 unspecified atom stereocenters. The fourth-order valence-corrected chi connectivity index (χ4v) is 3.18. The maximum Gasteiger partial charge on any atom is 0.220 e. The second-order valence-corrected chi connectivity index (χ2v) is 6.39. The van der Waals surface area contributed by atoms with Crippen molar-refractivity contribution in [3.63, 3.8) is 0 Å². The lowest BCUT2D eigenvalue weighted by Gasteiger charge is -2.19. The SMILES string of the molecule is COc1ccc(OC)c(C(C)NC(=O)CCc2ccc(OC)c(OC)c2OC)c1. The van der Waals surface area contributed by atoms with Crippen LogP contribution in [0.25, 0.3) is 0 Å². The van der Waals surface area contributed by atoms with Crippen molar-refractivity contribution in [1.82, 2.24) is 5.32 Å². The lowest BCUT2D eigenvalue weighted by Crippen LogP contribution is -2.27. The second-order valence-electron chi connectivity index (χ2n) is 6.39. The average Bonchev–Trinajstić information content (AvgIpc) is 2.75. The van der Waals surface area contributed by atoms with Crippen LogP contribution in [0.5, 0.6) is 28.7 Å². The first-order valence-corrected chi connectivity index (χ1v) is 9.28. The maximum absolute atomic E-state index is 12.6. The minimum Gasteiger partial charge on any atom is -0.497 e. The van der Waals surface area contributed by atoms with Crippen molar-refractivity contribution in [2.45, 2.75) is 25.8 Å². The quantitative estimate of drug-likeness (QED) is 0.654. The van der Waals surface area contributed by atoms with Crippen molar-refractivity contribution in [3.05, 3.63) is 41.5 Å². The first kappa shape index (κ1) is 22.2. The third-order valence-corrected chi connectivity index (χ3v) is 4.69. The number of hydrogen-bond donors (Lipinski definition) is 1. The Balaban J connectivity index is 2.09. The molecule has 1 amide bonds. The fourth-order valence-electron chi connectivity index (χ4n) is 3.18. The first-order valence-electron chi connectivity index (χ1n) is 9.28. The summed E-state index contributed by atoms with van der Waals surface area (Å²) in [5, 5.41) is 3.01. The molecule has 0 saturated heterocycles. The van der Waals surface area contributed by atoms with E-state index in [1.54, 1.807) is 41.6 Å². The summed E-state index contributed by atoms with van der Waals surface area (Å²) in [6.07, 6.45) is 0.791. The summed E-state index contributed by atoms with van der Waals surface area (Å²) < 4.78 is 26.9. The highest BCUT2D eigenvalue weighted by molar-refractivity contribution is 5.77. The molecule has 158 valence electrons. The molecule has 0 spiro atoms. The van der Waals surface area contributed by atoms with Crippen molar-refractivity contribution >= 4 is 5.91 Å². The number of benzene rings is 2. The minimum atomic E-state index is -0.236. The van der Waals surface area contributed by atoms with Crippen molar-refractivity contribution in [3.8, 4) is 28.7 Å². The van der Waals surface area contributed by atoms with E-state index in [9.17, 15) is 4.79 Å². The Morgan fingerprint density at radius 3 is 2.10 bits per heavy atom. The Kier molecular flexibility index (Phi) is 8.00. The molecule has 2 aromatic rings. The van der Waals surface area contributed by atoms with Crippen LogP contribution in [0.4, 0.5) is 0 Å². The van der Waals surface area contributed by atoms with Gasteiger partial charge >= 0.3 is 0 Å². The van der Waals surface area contributed by atoms with Crippen molar-refractivity contribution in [2.75, 3.05) is 35.5 Å². The van der Waals surface area contributed by atoms with Crippen LogP contribution in [0.3, 0.4) is 0 Å². The van der Waals surface area contributed by atoms with Crippen molar-refractivity contribution < 1.29 is 28.5 Å². The van der Waals surface area contributed by atoms with Gasteiger partial charge in [0.05, 0.1) is 41.6 Å². The number of amides is 1. The summed E-state index contributed by atoms with van der Waals surface area (Å²) in [5.74, 6) is 2.98. The number of ether oxygens (including phenoxy) is 5. The summed E-state index contributed by atoms with van der Waals surface area (Å²) in [7, 11) is 7.89. The van der Waals surface area contributed by atoms with Gasteiger partial charge in [0.1, 0.15) is 11.5 Å². The van der Waals surface area contributed by atoms with Gasteiger partial charge in [-0.05, 0) is 43.2 Å². The van der Waals surface area contributed by atoms with Gasteiger partial charge in [-0.15, -0.1) is 0 Å². The molecule has 0 heterocycles. The Morgan fingerprint density at radius 2 is 1.52 bits per heavy atom. The molecule has 29 heavy (non-hydrogen) atoms. The van der Waals surface area contributed by atoms with Crippen LogP contribution in [-0.4, -0.2) is 41.5 Å². The summed E-state index contributed by atoms with van der Waals surface area (Å²) in [4.78, 5) is 12.6. The number of carbonyl (C=O) groups is 1. The predicted molar refractivity (Wildman–Crippen MR) is 111 cm³/mol. The van der Waals surface area contributed by atoms with Gasteiger partial charge in [-0.3, -0.25) is 4.79 Å². The molecular weight excluding hydrogens is 374 g/mol. The lowest BCUT2D eigenvalue weighted by molar-refractivity contribution is -0.121.